The summed E-state index contributed by atoms with van der Waals surface area (Å²) in [6, 6.07) is 7.55. The van der Waals surface area contributed by atoms with Crippen LogP contribution in [0.15, 0.2) is 24.3 Å². The van der Waals surface area contributed by atoms with E-state index in [9.17, 15) is 4.39 Å². The smallest absolute Gasteiger partial charge is 0.123 e. The Labute approximate surface area is 82.9 Å². The van der Waals surface area contributed by atoms with Crippen LogP contribution in [0.5, 0.6) is 5.75 Å². The summed E-state index contributed by atoms with van der Waals surface area (Å²) in [5.74, 6) is 0.752. The number of methoxy groups -OCH3 is 1. The van der Waals surface area contributed by atoms with Crippen LogP contribution in [0, 0.1) is 0 Å². The van der Waals surface area contributed by atoms with Crippen molar-refractivity contribution in [2.24, 2.45) is 5.73 Å². The number of hydrogen-bond acceptors (Lipinski definition) is 2. The molecular weight excluding hydrogens is 181 g/mol. The molecule has 0 atom stereocenters. The standard InChI is InChI=1S/C11H14FNO/c1-14-10-5-3-2-4-9(10)11(13)6-8(12)7-11/h2-5,8H,6-7,13H2,1H3. The van der Waals surface area contributed by atoms with E-state index in [2.05, 4.69) is 0 Å². The van der Waals surface area contributed by atoms with Gasteiger partial charge in [-0.25, -0.2) is 4.39 Å². The Kier molecular flexibility index (Phi) is 2.19. The van der Waals surface area contributed by atoms with Gasteiger partial charge in [-0.2, -0.15) is 0 Å². The van der Waals surface area contributed by atoms with Crippen molar-refractivity contribution in [2.75, 3.05) is 7.11 Å². The molecule has 0 aromatic heterocycles. The second-order valence-electron chi connectivity index (χ2n) is 3.86. The first-order valence-electron chi connectivity index (χ1n) is 4.72. The molecule has 0 radical (unpaired) electrons. The summed E-state index contributed by atoms with van der Waals surface area (Å²) < 4.78 is 18.0. The van der Waals surface area contributed by atoms with Crippen molar-refractivity contribution in [3.63, 3.8) is 0 Å². The predicted octanol–water partition coefficient (Wildman–Crippen LogP) is 1.98. The molecule has 1 saturated carbocycles. The Balaban J connectivity index is 2.32. The highest BCUT2D eigenvalue weighted by atomic mass is 19.1. The van der Waals surface area contributed by atoms with E-state index in [1.807, 2.05) is 24.3 Å². The third kappa shape index (κ3) is 1.38. The number of ether oxygens (including phenoxy) is 1. The highest BCUT2D eigenvalue weighted by molar-refractivity contribution is 5.40. The molecule has 2 N–H and O–H groups in total. The van der Waals surface area contributed by atoms with Gasteiger partial charge in [-0.15, -0.1) is 0 Å². The molecule has 2 rings (SSSR count). The molecule has 0 spiro atoms. The first-order chi connectivity index (χ1) is 6.65. The average Bonchev–Trinajstić information content (AvgIpc) is 2.15. The van der Waals surface area contributed by atoms with Gasteiger partial charge in [0, 0.05) is 18.4 Å². The predicted molar refractivity (Wildman–Crippen MR) is 53.0 cm³/mol. The van der Waals surface area contributed by atoms with E-state index in [0.29, 0.717) is 12.8 Å². The van der Waals surface area contributed by atoms with Crippen molar-refractivity contribution in [1.29, 1.82) is 0 Å². The Morgan fingerprint density at radius 1 is 1.43 bits per heavy atom. The van der Waals surface area contributed by atoms with Gasteiger partial charge in [-0.1, -0.05) is 18.2 Å². The molecule has 3 heteroatoms. The zero-order valence-corrected chi connectivity index (χ0v) is 8.16. The van der Waals surface area contributed by atoms with Crippen molar-refractivity contribution in [3.8, 4) is 5.75 Å². The zero-order chi connectivity index (χ0) is 10.2. The van der Waals surface area contributed by atoms with Gasteiger partial charge in [0.05, 0.1) is 12.6 Å². The van der Waals surface area contributed by atoms with E-state index in [1.54, 1.807) is 7.11 Å². The maximum atomic E-state index is 12.8. The summed E-state index contributed by atoms with van der Waals surface area (Å²) in [7, 11) is 1.60. The molecule has 76 valence electrons. The number of nitrogens with two attached hydrogens (primary N) is 1. The minimum Gasteiger partial charge on any atom is -0.496 e. The molecule has 0 heterocycles. The largest absolute Gasteiger partial charge is 0.496 e. The minimum absolute atomic E-state index is 0.396. The Morgan fingerprint density at radius 2 is 2.07 bits per heavy atom. The van der Waals surface area contributed by atoms with E-state index in [1.165, 1.54) is 0 Å². The molecule has 0 saturated heterocycles. The van der Waals surface area contributed by atoms with Crippen LogP contribution >= 0.6 is 0 Å². The topological polar surface area (TPSA) is 35.2 Å². The van der Waals surface area contributed by atoms with Gasteiger partial charge < -0.3 is 10.5 Å². The number of hydrogen-bond donors (Lipinski definition) is 1. The lowest BCUT2D eigenvalue weighted by atomic mass is 9.71. The van der Waals surface area contributed by atoms with Crippen molar-refractivity contribution in [1.82, 2.24) is 0 Å². The molecular formula is C11H14FNO. The van der Waals surface area contributed by atoms with Crippen LogP contribution in [0.25, 0.3) is 0 Å². The lowest BCUT2D eigenvalue weighted by Crippen LogP contribution is -2.50. The molecule has 1 aromatic rings. The van der Waals surface area contributed by atoms with Gasteiger partial charge in [0.25, 0.3) is 0 Å². The normalized spacial score (nSPS) is 30.9. The van der Waals surface area contributed by atoms with Crippen LogP contribution in [-0.2, 0) is 5.54 Å². The monoisotopic (exact) mass is 195 g/mol. The first-order valence-corrected chi connectivity index (χ1v) is 4.72. The summed E-state index contributed by atoms with van der Waals surface area (Å²) in [5, 5.41) is 0. The molecule has 2 nitrogen and oxygen atoms in total. The second kappa shape index (κ2) is 3.24. The van der Waals surface area contributed by atoms with Crippen LogP contribution in [0.4, 0.5) is 4.39 Å². The van der Waals surface area contributed by atoms with E-state index in [4.69, 9.17) is 10.5 Å². The summed E-state index contributed by atoms with van der Waals surface area (Å²) in [5.41, 5.74) is 6.46. The van der Waals surface area contributed by atoms with Gasteiger partial charge in [0.15, 0.2) is 0 Å². The van der Waals surface area contributed by atoms with Gasteiger partial charge >= 0.3 is 0 Å². The molecule has 0 aliphatic heterocycles. The van der Waals surface area contributed by atoms with Gasteiger partial charge in [0.2, 0.25) is 0 Å². The summed E-state index contributed by atoms with van der Waals surface area (Å²) in [6.07, 6.45) is 0.0331. The number of halogens is 1. The van der Waals surface area contributed by atoms with Crippen LogP contribution in [0.3, 0.4) is 0 Å². The number of alkyl halides is 1. The summed E-state index contributed by atoms with van der Waals surface area (Å²) in [6.45, 7) is 0. The van der Waals surface area contributed by atoms with Crippen LogP contribution < -0.4 is 10.5 Å². The summed E-state index contributed by atoms with van der Waals surface area (Å²) in [4.78, 5) is 0. The fourth-order valence-corrected chi connectivity index (χ4v) is 2.01. The quantitative estimate of drug-likeness (QED) is 0.783. The Bertz CT molecular complexity index is 334. The zero-order valence-electron chi connectivity index (χ0n) is 8.16. The van der Waals surface area contributed by atoms with Crippen LogP contribution in [-0.4, -0.2) is 13.3 Å². The molecule has 1 aliphatic carbocycles. The molecule has 1 fully saturated rings. The number of benzene rings is 1. The lowest BCUT2D eigenvalue weighted by molar-refractivity contribution is 0.0963. The maximum absolute atomic E-state index is 12.8. The van der Waals surface area contributed by atoms with Crippen molar-refractivity contribution in [3.05, 3.63) is 29.8 Å². The van der Waals surface area contributed by atoms with E-state index < -0.39 is 11.7 Å². The van der Waals surface area contributed by atoms with E-state index in [-0.39, 0.29) is 0 Å². The van der Waals surface area contributed by atoms with Crippen molar-refractivity contribution >= 4 is 0 Å². The number of para-hydroxylation sites is 1. The average molecular weight is 195 g/mol. The highest BCUT2D eigenvalue weighted by Gasteiger charge is 2.44. The third-order valence-corrected chi connectivity index (χ3v) is 2.81. The third-order valence-electron chi connectivity index (χ3n) is 2.81. The SMILES string of the molecule is COc1ccccc1C1(N)CC(F)C1. The maximum Gasteiger partial charge on any atom is 0.123 e. The van der Waals surface area contributed by atoms with Crippen molar-refractivity contribution in [2.45, 2.75) is 24.6 Å². The summed E-state index contributed by atoms with van der Waals surface area (Å²) >= 11 is 0. The van der Waals surface area contributed by atoms with E-state index >= 15 is 0 Å². The first kappa shape index (κ1) is 9.46. The van der Waals surface area contributed by atoms with Gasteiger partial charge in [-0.05, 0) is 6.07 Å². The van der Waals surface area contributed by atoms with Crippen LogP contribution in [0.1, 0.15) is 18.4 Å². The highest BCUT2D eigenvalue weighted by Crippen LogP contribution is 2.44. The van der Waals surface area contributed by atoms with Gasteiger partial charge in [0.1, 0.15) is 11.9 Å². The Morgan fingerprint density at radius 3 is 2.64 bits per heavy atom. The van der Waals surface area contributed by atoms with Crippen molar-refractivity contribution < 1.29 is 9.13 Å². The molecule has 1 aromatic carbocycles. The van der Waals surface area contributed by atoms with Gasteiger partial charge in [-0.3, -0.25) is 0 Å². The molecule has 0 unspecified atom stereocenters. The molecule has 14 heavy (non-hydrogen) atoms. The fraction of sp³-hybridized carbons (Fsp3) is 0.455. The number of rotatable bonds is 2. The van der Waals surface area contributed by atoms with Crippen LogP contribution in [0.2, 0.25) is 0 Å². The minimum atomic E-state index is -0.759. The molecule has 0 amide bonds. The second-order valence-corrected chi connectivity index (χ2v) is 3.86. The van der Waals surface area contributed by atoms with E-state index in [0.717, 1.165) is 11.3 Å². The lowest BCUT2D eigenvalue weighted by Gasteiger charge is -2.41. The Hall–Kier alpha value is -1.09. The molecule has 0 bridgehead atoms. The fourth-order valence-electron chi connectivity index (χ4n) is 2.01. The molecule has 1 aliphatic rings.